The number of carbonyl (C=O) groups is 2. The lowest BCUT2D eigenvalue weighted by atomic mass is 9.73. The van der Waals surface area contributed by atoms with Gasteiger partial charge in [-0.1, -0.05) is 54.4 Å². The molecule has 1 aromatic heterocycles. The van der Waals surface area contributed by atoms with E-state index in [4.69, 9.17) is 28.3 Å². The van der Waals surface area contributed by atoms with Crippen LogP contribution in [0, 0.1) is 5.82 Å². The summed E-state index contributed by atoms with van der Waals surface area (Å²) >= 11 is 12.6. The number of carboxylic acid groups (broad SMARTS) is 1. The summed E-state index contributed by atoms with van der Waals surface area (Å²) in [5.74, 6) is -2.51. The Bertz CT molecular complexity index is 1720. The van der Waals surface area contributed by atoms with Crippen LogP contribution >= 0.6 is 23.2 Å². The second-order valence-corrected chi connectivity index (χ2v) is 11.3. The summed E-state index contributed by atoms with van der Waals surface area (Å²) in [6.45, 7) is 2.66. The van der Waals surface area contributed by atoms with Gasteiger partial charge >= 0.3 is 5.97 Å². The van der Waals surface area contributed by atoms with Crippen LogP contribution < -0.4 is 5.32 Å². The third kappa shape index (κ3) is 3.16. The molecule has 0 bridgehead atoms. The zero-order valence-electron chi connectivity index (χ0n) is 20.8. The van der Waals surface area contributed by atoms with Crippen LogP contribution in [-0.4, -0.2) is 44.3 Å². The zero-order chi connectivity index (χ0) is 27.2. The van der Waals surface area contributed by atoms with Crippen LogP contribution in [0.2, 0.25) is 10.0 Å². The first-order valence-corrected chi connectivity index (χ1v) is 13.6. The van der Waals surface area contributed by atoms with Crippen molar-refractivity contribution in [2.75, 3.05) is 11.9 Å². The fourth-order valence-electron chi connectivity index (χ4n) is 7.21. The number of aromatic carboxylic acids is 1. The highest BCUT2D eigenvalue weighted by Gasteiger charge is 2.69. The molecule has 3 aliphatic rings. The first-order chi connectivity index (χ1) is 18.8. The largest absolute Gasteiger partial charge is 0.478 e. The molecule has 3 aliphatic heterocycles. The number of hydrogen-bond acceptors (Lipinski definition) is 4. The van der Waals surface area contributed by atoms with Crippen LogP contribution in [0.4, 0.5) is 10.1 Å². The second-order valence-electron chi connectivity index (χ2n) is 10.4. The predicted molar refractivity (Wildman–Crippen MR) is 146 cm³/mol. The van der Waals surface area contributed by atoms with Gasteiger partial charge in [0.05, 0.1) is 22.1 Å². The SMILES string of the molecule is CCCN1[C@H]2Cc3c4ccc(C(=O)O)cc4nn3[C@H]2[C@H](c2cccc(Cl)c2F)[C@]12C(=O)Nc1cc(Cl)ccc12. The van der Waals surface area contributed by atoms with E-state index in [1.807, 2.05) is 10.7 Å². The molecule has 4 heterocycles. The summed E-state index contributed by atoms with van der Waals surface area (Å²) in [6, 6.07) is 14.6. The molecule has 2 N–H and O–H groups in total. The molecular weight excluding hydrogens is 542 g/mol. The van der Waals surface area contributed by atoms with Gasteiger partial charge in [-0.3, -0.25) is 14.4 Å². The normalized spacial score (nSPS) is 25.2. The molecule has 0 aliphatic carbocycles. The molecule has 7 nitrogen and oxygen atoms in total. The molecule has 0 unspecified atom stereocenters. The molecule has 7 rings (SSSR count). The number of fused-ring (bicyclic) bond motifs is 7. The molecule has 4 aromatic rings. The van der Waals surface area contributed by atoms with Gasteiger partial charge in [-0.15, -0.1) is 0 Å². The van der Waals surface area contributed by atoms with Crippen LogP contribution in [0.15, 0.2) is 54.6 Å². The molecule has 4 atom stereocenters. The molecule has 1 spiro atoms. The van der Waals surface area contributed by atoms with Crippen LogP contribution in [0.1, 0.15) is 52.5 Å². The number of amides is 1. The first-order valence-electron chi connectivity index (χ1n) is 12.8. The van der Waals surface area contributed by atoms with Gasteiger partial charge in [0.15, 0.2) is 0 Å². The predicted octanol–water partition coefficient (Wildman–Crippen LogP) is 6.00. The topological polar surface area (TPSA) is 87.5 Å². The van der Waals surface area contributed by atoms with Crippen molar-refractivity contribution < 1.29 is 19.1 Å². The lowest BCUT2D eigenvalue weighted by Gasteiger charge is -2.40. The van der Waals surface area contributed by atoms with E-state index in [1.165, 1.54) is 6.07 Å². The van der Waals surface area contributed by atoms with Crippen LogP contribution in [0.3, 0.4) is 0 Å². The van der Waals surface area contributed by atoms with Crippen molar-refractivity contribution in [1.82, 2.24) is 14.7 Å². The first kappa shape index (κ1) is 24.6. The number of halogens is 3. The van der Waals surface area contributed by atoms with E-state index < -0.39 is 29.3 Å². The number of aromatic nitrogens is 2. The molecule has 1 saturated heterocycles. The van der Waals surface area contributed by atoms with Crippen molar-refractivity contribution in [2.24, 2.45) is 0 Å². The maximum absolute atomic E-state index is 16.0. The summed E-state index contributed by atoms with van der Waals surface area (Å²) < 4.78 is 17.8. The number of hydrogen-bond donors (Lipinski definition) is 2. The highest BCUT2D eigenvalue weighted by Crippen LogP contribution is 2.63. The van der Waals surface area contributed by atoms with Gasteiger partial charge in [-0.2, -0.15) is 5.10 Å². The van der Waals surface area contributed by atoms with E-state index in [2.05, 4.69) is 17.1 Å². The molecule has 1 amide bonds. The Morgan fingerprint density at radius 1 is 1.21 bits per heavy atom. The number of benzene rings is 3. The minimum atomic E-state index is -1.22. The number of carboxylic acids is 1. The highest BCUT2D eigenvalue weighted by molar-refractivity contribution is 6.31. The summed E-state index contributed by atoms with van der Waals surface area (Å²) in [7, 11) is 0. The van der Waals surface area contributed by atoms with E-state index >= 15 is 4.39 Å². The summed E-state index contributed by atoms with van der Waals surface area (Å²) in [5.41, 5.74) is 2.11. The number of anilines is 1. The minimum absolute atomic E-state index is 0.0159. The van der Waals surface area contributed by atoms with E-state index in [0.29, 0.717) is 34.8 Å². The number of rotatable bonds is 4. The lowest BCUT2D eigenvalue weighted by molar-refractivity contribution is -0.127. The third-order valence-electron chi connectivity index (χ3n) is 8.54. The fourth-order valence-corrected chi connectivity index (χ4v) is 7.56. The van der Waals surface area contributed by atoms with Gasteiger partial charge in [-0.25, -0.2) is 9.18 Å². The monoisotopic (exact) mass is 564 g/mol. The summed E-state index contributed by atoms with van der Waals surface area (Å²) in [4.78, 5) is 28.1. The van der Waals surface area contributed by atoms with Crippen LogP contribution in [0.25, 0.3) is 10.9 Å². The Balaban J connectivity index is 1.53. The Morgan fingerprint density at radius 3 is 2.79 bits per heavy atom. The molecule has 0 radical (unpaired) electrons. The Kier molecular flexibility index (Phi) is 5.37. The van der Waals surface area contributed by atoms with E-state index in [1.54, 1.807) is 42.5 Å². The van der Waals surface area contributed by atoms with Gasteiger partial charge in [0.2, 0.25) is 5.91 Å². The average molecular weight is 565 g/mol. The summed E-state index contributed by atoms with van der Waals surface area (Å²) in [5, 5.41) is 18.8. The van der Waals surface area contributed by atoms with E-state index in [0.717, 1.165) is 23.1 Å². The molecule has 39 heavy (non-hydrogen) atoms. The van der Waals surface area contributed by atoms with Gasteiger partial charge < -0.3 is 10.4 Å². The summed E-state index contributed by atoms with van der Waals surface area (Å²) in [6.07, 6.45) is 1.35. The van der Waals surface area contributed by atoms with Gasteiger partial charge in [0, 0.05) is 45.7 Å². The Labute approximate surface area is 233 Å². The zero-order valence-corrected chi connectivity index (χ0v) is 22.3. The van der Waals surface area contributed by atoms with E-state index in [-0.39, 0.29) is 22.5 Å². The molecule has 3 aromatic carbocycles. The third-order valence-corrected chi connectivity index (χ3v) is 9.07. The molecule has 1 fully saturated rings. The Hall–Kier alpha value is -3.46. The highest BCUT2D eigenvalue weighted by atomic mass is 35.5. The van der Waals surface area contributed by atoms with Crippen molar-refractivity contribution in [2.45, 2.75) is 43.3 Å². The van der Waals surface area contributed by atoms with Crippen molar-refractivity contribution >= 4 is 51.7 Å². The van der Waals surface area contributed by atoms with E-state index in [9.17, 15) is 14.7 Å². The van der Waals surface area contributed by atoms with Gasteiger partial charge in [-0.05, 0) is 48.9 Å². The molecular formula is C29H23Cl2FN4O3. The van der Waals surface area contributed by atoms with Crippen LogP contribution in [0.5, 0.6) is 0 Å². The van der Waals surface area contributed by atoms with Crippen molar-refractivity contribution in [3.8, 4) is 0 Å². The quantitative estimate of drug-likeness (QED) is 0.317. The van der Waals surface area contributed by atoms with Crippen molar-refractivity contribution in [3.05, 3.63) is 92.8 Å². The maximum atomic E-state index is 16.0. The molecule has 198 valence electrons. The van der Waals surface area contributed by atoms with Gasteiger partial charge in [0.25, 0.3) is 0 Å². The molecule has 10 heteroatoms. The minimum Gasteiger partial charge on any atom is -0.478 e. The lowest BCUT2D eigenvalue weighted by Crippen LogP contribution is -2.52. The Morgan fingerprint density at radius 2 is 2.03 bits per heavy atom. The molecule has 0 saturated carbocycles. The number of nitrogens with zero attached hydrogens (tertiary/aromatic N) is 3. The standard InChI is InChI=1S/C29H23Cl2FN4O3/c1-2-10-35-23-13-22-16-8-6-14(27(37)38)11-20(16)34-36(22)26(23)24(17-4-3-5-19(31)25(17)32)29(35)18-9-7-15(30)12-21(18)33-28(29)39/h3-9,11-12,23-24,26H,2,10,13H2,1H3,(H,33,39)(H,37,38)/t23-,24-,26+,29+/m0/s1. The fraction of sp³-hybridized carbons (Fsp3) is 0.276. The van der Waals surface area contributed by atoms with Gasteiger partial charge in [0.1, 0.15) is 11.4 Å². The number of likely N-dealkylation sites (tertiary alicyclic amines) is 1. The number of carbonyl (C=O) groups excluding carboxylic acids is 1. The second kappa shape index (κ2) is 8.52. The van der Waals surface area contributed by atoms with Crippen LogP contribution in [-0.2, 0) is 16.8 Å². The average Bonchev–Trinajstić information content (AvgIpc) is 3.59. The smallest absolute Gasteiger partial charge is 0.335 e. The van der Waals surface area contributed by atoms with Crippen molar-refractivity contribution in [1.29, 1.82) is 0 Å². The number of nitrogens with one attached hydrogen (secondary N) is 1. The van der Waals surface area contributed by atoms with Crippen molar-refractivity contribution in [3.63, 3.8) is 0 Å². The maximum Gasteiger partial charge on any atom is 0.335 e.